The fraction of sp³-hybridized carbons (Fsp3) is 0.583. The van der Waals surface area contributed by atoms with Crippen LogP contribution in [0.1, 0.15) is 33.5 Å². The highest BCUT2D eigenvalue weighted by Gasteiger charge is 2.03. The maximum absolute atomic E-state index is 4.24. The number of imidazole rings is 1. The molecule has 0 N–H and O–H groups in total. The number of rotatable bonds is 2. The highest BCUT2D eigenvalue weighted by Crippen LogP contribution is 2.09. The van der Waals surface area contributed by atoms with Gasteiger partial charge in [0.25, 0.3) is 0 Å². The molecule has 0 aliphatic carbocycles. The van der Waals surface area contributed by atoms with E-state index < -0.39 is 0 Å². The number of aromatic nitrogens is 2. The minimum Gasteiger partial charge on any atom is -0.323 e. The van der Waals surface area contributed by atoms with Crippen molar-refractivity contribution in [2.24, 2.45) is 5.41 Å². The van der Waals surface area contributed by atoms with E-state index in [2.05, 4.69) is 49.1 Å². The first-order valence-electron chi connectivity index (χ1n) is 5.03. The largest absolute Gasteiger partial charge is 0.323 e. The van der Waals surface area contributed by atoms with Crippen molar-refractivity contribution in [2.75, 3.05) is 0 Å². The van der Waals surface area contributed by atoms with E-state index in [4.69, 9.17) is 0 Å². The second kappa shape index (κ2) is 4.32. The van der Waals surface area contributed by atoms with Crippen molar-refractivity contribution in [3.05, 3.63) is 18.2 Å². The molecule has 2 nitrogen and oxygen atoms in total. The van der Waals surface area contributed by atoms with E-state index in [0.29, 0.717) is 0 Å². The van der Waals surface area contributed by atoms with Gasteiger partial charge in [0, 0.05) is 24.2 Å². The Hall–Kier alpha value is -1.23. The summed E-state index contributed by atoms with van der Waals surface area (Å²) in [7, 11) is 0. The third-order valence-electron chi connectivity index (χ3n) is 1.83. The first kappa shape index (κ1) is 10.8. The van der Waals surface area contributed by atoms with Crippen LogP contribution in [0.15, 0.2) is 12.4 Å². The lowest BCUT2D eigenvalue weighted by Gasteiger charge is -2.07. The molecule has 2 heteroatoms. The molecule has 0 saturated carbocycles. The second-order valence-electron chi connectivity index (χ2n) is 4.38. The molecule has 0 unspecified atom stereocenters. The van der Waals surface area contributed by atoms with Gasteiger partial charge in [0.2, 0.25) is 0 Å². The van der Waals surface area contributed by atoms with Crippen LogP contribution in [0.25, 0.3) is 0 Å². The van der Waals surface area contributed by atoms with Crippen LogP contribution in [0.2, 0.25) is 0 Å². The van der Waals surface area contributed by atoms with Crippen molar-refractivity contribution in [1.29, 1.82) is 0 Å². The lowest BCUT2D eigenvalue weighted by atomic mass is 9.98. The molecule has 0 fully saturated rings. The third-order valence-corrected chi connectivity index (χ3v) is 1.83. The van der Waals surface area contributed by atoms with Gasteiger partial charge in [-0.3, -0.25) is 0 Å². The van der Waals surface area contributed by atoms with Crippen molar-refractivity contribution in [1.82, 2.24) is 9.55 Å². The fourth-order valence-corrected chi connectivity index (χ4v) is 1.19. The lowest BCUT2D eigenvalue weighted by molar-refractivity contribution is 0.569. The molecule has 1 aromatic heterocycles. The summed E-state index contributed by atoms with van der Waals surface area (Å²) >= 11 is 0. The number of nitrogens with zero attached hydrogens (tertiary/aromatic N) is 2. The van der Waals surface area contributed by atoms with Crippen molar-refractivity contribution in [3.63, 3.8) is 0 Å². The van der Waals surface area contributed by atoms with E-state index in [1.165, 1.54) is 0 Å². The van der Waals surface area contributed by atoms with Gasteiger partial charge in [0.15, 0.2) is 0 Å². The topological polar surface area (TPSA) is 17.8 Å². The molecule has 0 aliphatic rings. The van der Waals surface area contributed by atoms with Gasteiger partial charge in [0.1, 0.15) is 5.82 Å². The van der Waals surface area contributed by atoms with Crippen LogP contribution in [-0.4, -0.2) is 9.55 Å². The van der Waals surface area contributed by atoms with Crippen LogP contribution in [0.5, 0.6) is 0 Å². The number of hydrogen-bond donors (Lipinski definition) is 0. The fourth-order valence-electron chi connectivity index (χ4n) is 1.19. The van der Waals surface area contributed by atoms with E-state index in [1.807, 2.05) is 12.4 Å². The Kier molecular flexibility index (Phi) is 3.35. The van der Waals surface area contributed by atoms with Gasteiger partial charge in [-0.2, -0.15) is 0 Å². The minimum absolute atomic E-state index is 0.0902. The van der Waals surface area contributed by atoms with Crippen LogP contribution in [-0.2, 0) is 13.0 Å². The van der Waals surface area contributed by atoms with Crippen LogP contribution in [0.3, 0.4) is 0 Å². The Balaban J connectivity index is 2.65. The Morgan fingerprint density at radius 3 is 2.71 bits per heavy atom. The summed E-state index contributed by atoms with van der Waals surface area (Å²) in [6.45, 7) is 9.22. The predicted octanol–water partition coefficient (Wildman–Crippen LogP) is 2.50. The van der Waals surface area contributed by atoms with Gasteiger partial charge in [-0.25, -0.2) is 4.98 Å². The average Bonchev–Trinajstić information content (AvgIpc) is 2.49. The normalized spacial score (nSPS) is 10.9. The zero-order chi connectivity index (χ0) is 10.6. The molecule has 0 spiro atoms. The molecule has 1 rings (SSSR count). The van der Waals surface area contributed by atoms with E-state index in [0.717, 1.165) is 18.8 Å². The van der Waals surface area contributed by atoms with Gasteiger partial charge < -0.3 is 4.57 Å². The summed E-state index contributed by atoms with van der Waals surface area (Å²) in [5.74, 6) is 7.49. The Bertz CT molecular complexity index is 344. The highest BCUT2D eigenvalue weighted by atomic mass is 15.0. The first-order chi connectivity index (χ1) is 6.53. The van der Waals surface area contributed by atoms with Crippen LogP contribution in [0, 0.1) is 17.3 Å². The van der Waals surface area contributed by atoms with Crippen LogP contribution in [0.4, 0.5) is 0 Å². The number of aryl methyl sites for hydroxylation is 1. The van der Waals surface area contributed by atoms with Gasteiger partial charge >= 0.3 is 0 Å². The molecule has 0 amide bonds. The molecule has 0 bridgehead atoms. The lowest BCUT2D eigenvalue weighted by Crippen LogP contribution is -2.03. The van der Waals surface area contributed by atoms with Crippen molar-refractivity contribution < 1.29 is 0 Å². The first-order valence-corrected chi connectivity index (χ1v) is 5.03. The Labute approximate surface area is 86.4 Å². The molecule has 0 radical (unpaired) electrons. The summed E-state index contributed by atoms with van der Waals surface area (Å²) < 4.78 is 2.10. The number of hydrogen-bond acceptors (Lipinski definition) is 1. The molecule has 1 heterocycles. The Morgan fingerprint density at radius 1 is 1.43 bits per heavy atom. The summed E-state index contributed by atoms with van der Waals surface area (Å²) in [4.78, 5) is 4.24. The maximum Gasteiger partial charge on any atom is 0.109 e. The third kappa shape index (κ3) is 3.26. The van der Waals surface area contributed by atoms with Crippen LogP contribution >= 0.6 is 0 Å². The predicted molar refractivity (Wildman–Crippen MR) is 58.8 cm³/mol. The molecular formula is C12H18N2. The zero-order valence-electron chi connectivity index (χ0n) is 9.46. The zero-order valence-corrected chi connectivity index (χ0v) is 9.46. The average molecular weight is 190 g/mol. The quantitative estimate of drug-likeness (QED) is 0.655. The maximum atomic E-state index is 4.24. The summed E-state index contributed by atoms with van der Waals surface area (Å²) in [6.07, 6.45) is 4.78. The van der Waals surface area contributed by atoms with Gasteiger partial charge in [0.05, 0.1) is 6.54 Å². The molecule has 1 aromatic rings. The van der Waals surface area contributed by atoms with Gasteiger partial charge in [-0.1, -0.05) is 18.8 Å². The summed E-state index contributed by atoms with van der Waals surface area (Å²) in [6, 6.07) is 0. The van der Waals surface area contributed by atoms with E-state index in [1.54, 1.807) is 0 Å². The summed E-state index contributed by atoms with van der Waals surface area (Å²) in [5, 5.41) is 0. The molecule has 0 saturated heterocycles. The minimum atomic E-state index is 0.0902. The Morgan fingerprint density at radius 2 is 2.14 bits per heavy atom. The smallest absolute Gasteiger partial charge is 0.109 e. The molecule has 0 aliphatic heterocycles. The molecule has 0 atom stereocenters. The van der Waals surface area contributed by atoms with E-state index in [-0.39, 0.29) is 5.41 Å². The second-order valence-corrected chi connectivity index (χ2v) is 4.38. The highest BCUT2D eigenvalue weighted by molar-refractivity contribution is 5.08. The van der Waals surface area contributed by atoms with E-state index >= 15 is 0 Å². The molecule has 76 valence electrons. The van der Waals surface area contributed by atoms with Gasteiger partial charge in [-0.15, -0.1) is 0 Å². The van der Waals surface area contributed by atoms with Gasteiger partial charge in [-0.05, 0) is 20.8 Å². The van der Waals surface area contributed by atoms with E-state index in [9.17, 15) is 0 Å². The summed E-state index contributed by atoms with van der Waals surface area (Å²) in [5.41, 5.74) is 0.0902. The molecular weight excluding hydrogens is 172 g/mol. The van der Waals surface area contributed by atoms with Crippen molar-refractivity contribution in [3.8, 4) is 11.8 Å². The monoisotopic (exact) mass is 190 g/mol. The standard InChI is InChI=1S/C12H18N2/c1-5-11-13-8-10-14(11)9-6-7-12(2,3)4/h8,10H,5,9H2,1-4H3. The SMILES string of the molecule is CCc1nccn1CC#CC(C)(C)C. The molecule has 14 heavy (non-hydrogen) atoms. The molecule has 0 aromatic carbocycles. The van der Waals surface area contributed by atoms with Crippen molar-refractivity contribution in [2.45, 2.75) is 40.7 Å². The van der Waals surface area contributed by atoms with Crippen LogP contribution < -0.4 is 0 Å². The van der Waals surface area contributed by atoms with Crippen molar-refractivity contribution >= 4 is 0 Å².